The fraction of sp³-hybridized carbons (Fsp3) is 0.435. The van der Waals surface area contributed by atoms with Crippen molar-refractivity contribution < 1.29 is 0 Å². The monoisotopic (exact) mass is 388 g/mol. The topological polar surface area (TPSA) is 50.1 Å². The Bertz CT molecular complexity index is 985. The highest BCUT2D eigenvalue weighted by Crippen LogP contribution is 2.27. The van der Waals surface area contributed by atoms with Crippen LogP contribution in [0.2, 0.25) is 0 Å². The maximum absolute atomic E-state index is 4.88. The fourth-order valence-electron chi connectivity index (χ4n) is 4.80. The zero-order valence-corrected chi connectivity index (χ0v) is 17.3. The van der Waals surface area contributed by atoms with Crippen LogP contribution in [-0.4, -0.2) is 56.9 Å². The summed E-state index contributed by atoms with van der Waals surface area (Å²) in [5.41, 5.74) is 6.09. The van der Waals surface area contributed by atoms with Crippen LogP contribution in [0.5, 0.6) is 0 Å². The van der Waals surface area contributed by atoms with Crippen LogP contribution >= 0.6 is 0 Å². The van der Waals surface area contributed by atoms with Crippen LogP contribution in [-0.2, 0) is 19.9 Å². The number of benzene rings is 1. The van der Waals surface area contributed by atoms with E-state index in [2.05, 4.69) is 44.1 Å². The lowest BCUT2D eigenvalue weighted by Crippen LogP contribution is -2.39. The van der Waals surface area contributed by atoms with Crippen molar-refractivity contribution in [1.29, 1.82) is 0 Å². The Hall–Kier alpha value is -2.73. The Morgan fingerprint density at radius 1 is 0.966 bits per heavy atom. The molecule has 0 spiro atoms. The first-order valence-corrected chi connectivity index (χ1v) is 10.6. The quantitative estimate of drug-likeness (QED) is 0.691. The number of aromatic nitrogens is 4. The molecule has 2 aromatic heterocycles. The highest BCUT2D eigenvalue weighted by atomic mass is 15.3. The average Bonchev–Trinajstić information content (AvgIpc) is 3.21. The molecule has 0 atom stereocenters. The first-order valence-electron chi connectivity index (χ1n) is 10.6. The van der Waals surface area contributed by atoms with Gasteiger partial charge in [-0.15, -0.1) is 0 Å². The van der Waals surface area contributed by atoms with Crippen LogP contribution in [0.4, 0.5) is 5.95 Å². The molecule has 1 fully saturated rings. The molecule has 0 unspecified atom stereocenters. The molecule has 1 aliphatic heterocycles. The molecule has 150 valence electrons. The Morgan fingerprint density at radius 3 is 2.48 bits per heavy atom. The second-order valence-corrected chi connectivity index (χ2v) is 8.25. The molecule has 2 aliphatic rings. The third-order valence-corrected chi connectivity index (χ3v) is 6.29. The highest BCUT2D eigenvalue weighted by molar-refractivity contribution is 5.61. The summed E-state index contributed by atoms with van der Waals surface area (Å²) in [5, 5.41) is 4.45. The van der Waals surface area contributed by atoms with E-state index in [1.54, 1.807) is 0 Å². The molecule has 1 aromatic carbocycles. The van der Waals surface area contributed by atoms with Gasteiger partial charge < -0.3 is 4.90 Å². The predicted molar refractivity (Wildman–Crippen MR) is 115 cm³/mol. The Balaban J connectivity index is 1.29. The summed E-state index contributed by atoms with van der Waals surface area (Å²) in [6, 6.07) is 11.5. The van der Waals surface area contributed by atoms with Gasteiger partial charge in [-0.3, -0.25) is 9.58 Å². The first kappa shape index (κ1) is 18.3. The number of hydrogen-bond donors (Lipinski definition) is 0. The smallest absolute Gasteiger partial charge is 0.225 e. The zero-order chi connectivity index (χ0) is 19.8. The largest absolute Gasteiger partial charge is 0.339 e. The minimum Gasteiger partial charge on any atom is -0.339 e. The van der Waals surface area contributed by atoms with Crippen molar-refractivity contribution in [2.45, 2.75) is 32.2 Å². The van der Waals surface area contributed by atoms with Crippen molar-refractivity contribution in [2.75, 3.05) is 31.1 Å². The minimum atomic E-state index is 0.637. The lowest BCUT2D eigenvalue weighted by atomic mass is 10.1. The Labute approximate surface area is 172 Å². The summed E-state index contributed by atoms with van der Waals surface area (Å²) in [4.78, 5) is 14.5. The lowest BCUT2D eigenvalue weighted by Gasteiger charge is -2.27. The van der Waals surface area contributed by atoms with E-state index >= 15 is 0 Å². The summed E-state index contributed by atoms with van der Waals surface area (Å²) in [7, 11) is 1.95. The van der Waals surface area contributed by atoms with Gasteiger partial charge in [0, 0.05) is 57.2 Å². The third kappa shape index (κ3) is 3.65. The molecule has 0 bridgehead atoms. The molecule has 6 nitrogen and oxygen atoms in total. The summed E-state index contributed by atoms with van der Waals surface area (Å²) in [6.07, 6.45) is 7.42. The highest BCUT2D eigenvalue weighted by Gasteiger charge is 2.28. The van der Waals surface area contributed by atoms with Crippen LogP contribution in [0.1, 0.15) is 23.2 Å². The minimum absolute atomic E-state index is 0.637. The number of fused-ring (bicyclic) bond motifs is 1. The van der Waals surface area contributed by atoms with Crippen LogP contribution in [0, 0.1) is 6.92 Å². The van der Waals surface area contributed by atoms with E-state index in [0.717, 1.165) is 55.5 Å². The maximum atomic E-state index is 4.88. The molecule has 3 heterocycles. The first-order chi connectivity index (χ1) is 14.2. The van der Waals surface area contributed by atoms with Gasteiger partial charge in [-0.05, 0) is 43.4 Å². The second kappa shape index (κ2) is 7.59. The van der Waals surface area contributed by atoms with Crippen LogP contribution in [0.25, 0.3) is 11.3 Å². The van der Waals surface area contributed by atoms with Gasteiger partial charge in [0.2, 0.25) is 5.95 Å². The van der Waals surface area contributed by atoms with E-state index < -0.39 is 0 Å². The molecule has 0 N–H and O–H groups in total. The predicted octanol–water partition coefficient (Wildman–Crippen LogP) is 2.87. The Morgan fingerprint density at radius 2 is 1.76 bits per heavy atom. The zero-order valence-electron chi connectivity index (χ0n) is 17.3. The van der Waals surface area contributed by atoms with E-state index in [4.69, 9.17) is 4.98 Å². The van der Waals surface area contributed by atoms with E-state index in [0.29, 0.717) is 6.04 Å². The van der Waals surface area contributed by atoms with Gasteiger partial charge in [0.1, 0.15) is 0 Å². The standard InChI is InChI=1S/C23H28N6/c1-17-21(16-27(2)26-17)22-8-9-24-23(25-22)29-11-5-10-28(12-13-29)20-14-18-6-3-4-7-19(18)15-20/h3-4,6-9,16,20H,5,10-15H2,1-2H3. The van der Waals surface area contributed by atoms with Gasteiger partial charge in [-0.2, -0.15) is 5.10 Å². The van der Waals surface area contributed by atoms with E-state index in [9.17, 15) is 0 Å². The number of aryl methyl sites for hydroxylation is 2. The van der Waals surface area contributed by atoms with E-state index in [1.165, 1.54) is 24.0 Å². The normalized spacial score (nSPS) is 18.1. The molecule has 0 radical (unpaired) electrons. The van der Waals surface area contributed by atoms with Crippen LogP contribution < -0.4 is 4.90 Å². The number of anilines is 1. The van der Waals surface area contributed by atoms with Gasteiger partial charge >= 0.3 is 0 Å². The molecule has 0 amide bonds. The summed E-state index contributed by atoms with van der Waals surface area (Å²) in [5.74, 6) is 0.835. The number of hydrogen-bond acceptors (Lipinski definition) is 5. The molecule has 6 heteroatoms. The van der Waals surface area contributed by atoms with Gasteiger partial charge in [0.25, 0.3) is 0 Å². The molecule has 5 rings (SSSR count). The summed E-state index contributed by atoms with van der Waals surface area (Å²) >= 11 is 0. The van der Waals surface area contributed by atoms with Crippen molar-refractivity contribution in [2.24, 2.45) is 7.05 Å². The molecule has 0 saturated carbocycles. The molecular weight excluding hydrogens is 360 g/mol. The second-order valence-electron chi connectivity index (χ2n) is 8.25. The SMILES string of the molecule is Cc1nn(C)cc1-c1ccnc(N2CCCN(C3Cc4ccccc4C3)CC2)n1. The summed E-state index contributed by atoms with van der Waals surface area (Å²) < 4.78 is 1.84. The van der Waals surface area contributed by atoms with Crippen molar-refractivity contribution in [3.8, 4) is 11.3 Å². The third-order valence-electron chi connectivity index (χ3n) is 6.29. The molecule has 1 saturated heterocycles. The van der Waals surface area contributed by atoms with Crippen LogP contribution in [0.3, 0.4) is 0 Å². The van der Waals surface area contributed by atoms with Gasteiger partial charge in [0.05, 0.1) is 11.4 Å². The van der Waals surface area contributed by atoms with Crippen molar-refractivity contribution >= 4 is 5.95 Å². The maximum Gasteiger partial charge on any atom is 0.225 e. The summed E-state index contributed by atoms with van der Waals surface area (Å²) in [6.45, 7) is 6.23. The van der Waals surface area contributed by atoms with Crippen molar-refractivity contribution in [1.82, 2.24) is 24.6 Å². The van der Waals surface area contributed by atoms with Gasteiger partial charge in [-0.25, -0.2) is 9.97 Å². The molecule has 3 aromatic rings. The Kier molecular flexibility index (Phi) is 4.79. The fourth-order valence-corrected chi connectivity index (χ4v) is 4.80. The number of rotatable bonds is 3. The van der Waals surface area contributed by atoms with Crippen molar-refractivity contribution in [3.05, 3.63) is 59.5 Å². The number of nitrogens with zero attached hydrogens (tertiary/aromatic N) is 6. The average molecular weight is 389 g/mol. The lowest BCUT2D eigenvalue weighted by molar-refractivity contribution is 0.216. The van der Waals surface area contributed by atoms with Crippen LogP contribution in [0.15, 0.2) is 42.7 Å². The van der Waals surface area contributed by atoms with Crippen molar-refractivity contribution in [3.63, 3.8) is 0 Å². The van der Waals surface area contributed by atoms with Gasteiger partial charge in [0.15, 0.2) is 0 Å². The van der Waals surface area contributed by atoms with E-state index in [-0.39, 0.29) is 0 Å². The molecule has 29 heavy (non-hydrogen) atoms. The van der Waals surface area contributed by atoms with Gasteiger partial charge in [-0.1, -0.05) is 24.3 Å². The molecular formula is C23H28N6. The molecule has 1 aliphatic carbocycles. The van der Waals surface area contributed by atoms with E-state index in [1.807, 2.05) is 37.1 Å².